The van der Waals surface area contributed by atoms with Crippen LogP contribution in [0.4, 0.5) is 0 Å². The molecule has 18 heavy (non-hydrogen) atoms. The van der Waals surface area contributed by atoms with Crippen LogP contribution in [0.5, 0.6) is 17.2 Å². The van der Waals surface area contributed by atoms with Crippen molar-refractivity contribution in [2.24, 2.45) is 0 Å². The number of carbonyl (C=O) groups excluding carboxylic acids is 1. The molecule has 0 heterocycles. The summed E-state index contributed by atoms with van der Waals surface area (Å²) in [4.78, 5) is 10.6. The molecule has 0 aliphatic carbocycles. The van der Waals surface area contributed by atoms with Crippen LogP contribution in [0.25, 0.3) is 0 Å². The molecule has 92 valence electrons. The fourth-order valence-electron chi connectivity index (χ4n) is 1.44. The van der Waals surface area contributed by atoms with E-state index in [0.29, 0.717) is 22.1 Å². The molecule has 0 aliphatic heterocycles. The third-order valence-corrected chi connectivity index (χ3v) is 2.67. The highest BCUT2D eigenvalue weighted by atomic mass is 35.5. The van der Waals surface area contributed by atoms with Gasteiger partial charge in [-0.2, -0.15) is 0 Å². The zero-order valence-electron chi connectivity index (χ0n) is 9.72. The fraction of sp³-hybridized carbons (Fsp3) is 0.0714. The summed E-state index contributed by atoms with van der Waals surface area (Å²) in [5.74, 6) is 1.91. The first kappa shape index (κ1) is 12.5. The summed E-state index contributed by atoms with van der Waals surface area (Å²) in [6.45, 7) is 0. The van der Waals surface area contributed by atoms with Gasteiger partial charge in [0.15, 0.2) is 0 Å². The Hall–Kier alpha value is -2.00. The van der Waals surface area contributed by atoms with Crippen LogP contribution in [0.15, 0.2) is 42.5 Å². The van der Waals surface area contributed by atoms with E-state index in [0.717, 1.165) is 12.0 Å². The van der Waals surface area contributed by atoms with E-state index in [1.165, 1.54) is 0 Å². The quantitative estimate of drug-likeness (QED) is 0.783. The van der Waals surface area contributed by atoms with Crippen molar-refractivity contribution in [3.63, 3.8) is 0 Å². The summed E-state index contributed by atoms with van der Waals surface area (Å²) in [6.07, 6.45) is 0.739. The molecule has 0 amide bonds. The Labute approximate surface area is 110 Å². The highest BCUT2D eigenvalue weighted by molar-refractivity contribution is 6.32. The van der Waals surface area contributed by atoms with Crippen molar-refractivity contribution in [2.45, 2.75) is 0 Å². The predicted molar refractivity (Wildman–Crippen MR) is 69.9 cm³/mol. The van der Waals surface area contributed by atoms with Crippen LogP contribution in [-0.4, -0.2) is 13.4 Å². The van der Waals surface area contributed by atoms with Gasteiger partial charge in [-0.25, -0.2) is 0 Å². The van der Waals surface area contributed by atoms with Crippen molar-refractivity contribution in [3.8, 4) is 17.2 Å². The summed E-state index contributed by atoms with van der Waals surface area (Å²) in [5, 5.41) is 0.399. The van der Waals surface area contributed by atoms with E-state index in [9.17, 15) is 4.79 Å². The molecular weight excluding hydrogens is 252 g/mol. The van der Waals surface area contributed by atoms with E-state index in [-0.39, 0.29) is 0 Å². The van der Waals surface area contributed by atoms with Crippen molar-refractivity contribution in [1.29, 1.82) is 0 Å². The maximum absolute atomic E-state index is 10.6. The molecule has 0 fully saturated rings. The number of ether oxygens (including phenoxy) is 2. The minimum absolute atomic E-state index is 0.399. The molecule has 0 unspecified atom stereocenters. The van der Waals surface area contributed by atoms with Crippen LogP contribution in [0.1, 0.15) is 10.4 Å². The van der Waals surface area contributed by atoms with E-state index < -0.39 is 0 Å². The van der Waals surface area contributed by atoms with Crippen LogP contribution in [0.3, 0.4) is 0 Å². The molecule has 0 radical (unpaired) electrons. The average molecular weight is 263 g/mol. The summed E-state index contributed by atoms with van der Waals surface area (Å²) in [7, 11) is 1.60. The molecule has 0 bridgehead atoms. The van der Waals surface area contributed by atoms with E-state index in [4.69, 9.17) is 21.1 Å². The number of hydrogen-bond acceptors (Lipinski definition) is 3. The van der Waals surface area contributed by atoms with Crippen LogP contribution < -0.4 is 9.47 Å². The Morgan fingerprint density at radius 1 is 1.06 bits per heavy atom. The van der Waals surface area contributed by atoms with Crippen molar-refractivity contribution in [1.82, 2.24) is 0 Å². The molecule has 0 aromatic heterocycles. The number of halogens is 1. The Morgan fingerprint density at radius 2 is 1.72 bits per heavy atom. The molecule has 0 spiro atoms. The van der Waals surface area contributed by atoms with Gasteiger partial charge in [-0.3, -0.25) is 4.79 Å². The maximum Gasteiger partial charge on any atom is 0.150 e. The Bertz CT molecular complexity index is 549. The van der Waals surface area contributed by atoms with E-state index in [1.807, 2.05) is 0 Å². The number of hydrogen-bond donors (Lipinski definition) is 0. The molecule has 0 N–H and O–H groups in total. The van der Waals surface area contributed by atoms with Gasteiger partial charge in [-0.1, -0.05) is 11.6 Å². The minimum Gasteiger partial charge on any atom is -0.497 e. The monoisotopic (exact) mass is 262 g/mol. The molecule has 4 heteroatoms. The molecule has 0 saturated carbocycles. The molecule has 2 rings (SSSR count). The maximum atomic E-state index is 10.6. The smallest absolute Gasteiger partial charge is 0.150 e. The van der Waals surface area contributed by atoms with E-state index in [2.05, 4.69) is 0 Å². The lowest BCUT2D eigenvalue weighted by atomic mass is 10.2. The van der Waals surface area contributed by atoms with Crippen LogP contribution >= 0.6 is 11.6 Å². The molecule has 2 aromatic rings. The van der Waals surface area contributed by atoms with E-state index in [1.54, 1.807) is 49.6 Å². The predicted octanol–water partition coefficient (Wildman–Crippen LogP) is 3.95. The van der Waals surface area contributed by atoms with Gasteiger partial charge in [-0.15, -0.1) is 0 Å². The number of rotatable bonds is 4. The molecule has 2 aromatic carbocycles. The van der Waals surface area contributed by atoms with Crippen LogP contribution in [0, 0.1) is 0 Å². The van der Waals surface area contributed by atoms with Crippen molar-refractivity contribution in [3.05, 3.63) is 53.1 Å². The van der Waals surface area contributed by atoms with Crippen molar-refractivity contribution >= 4 is 17.9 Å². The Morgan fingerprint density at radius 3 is 2.28 bits per heavy atom. The molecule has 0 saturated heterocycles. The number of aldehydes is 1. The van der Waals surface area contributed by atoms with E-state index >= 15 is 0 Å². The van der Waals surface area contributed by atoms with Gasteiger partial charge in [-0.05, 0) is 42.5 Å². The average Bonchev–Trinajstić information content (AvgIpc) is 2.42. The second-order valence-corrected chi connectivity index (χ2v) is 3.99. The fourth-order valence-corrected chi connectivity index (χ4v) is 1.67. The lowest BCUT2D eigenvalue weighted by Gasteiger charge is -2.08. The lowest BCUT2D eigenvalue weighted by molar-refractivity contribution is 0.112. The van der Waals surface area contributed by atoms with Crippen LogP contribution in [-0.2, 0) is 0 Å². The topological polar surface area (TPSA) is 35.5 Å². The van der Waals surface area contributed by atoms with Crippen LogP contribution in [0.2, 0.25) is 5.02 Å². The first-order valence-corrected chi connectivity index (χ1v) is 5.67. The minimum atomic E-state index is 0.399. The van der Waals surface area contributed by atoms with Crippen molar-refractivity contribution in [2.75, 3.05) is 7.11 Å². The highest BCUT2D eigenvalue weighted by Crippen LogP contribution is 2.30. The highest BCUT2D eigenvalue weighted by Gasteiger charge is 2.04. The summed E-state index contributed by atoms with van der Waals surface area (Å²) >= 11 is 6.01. The number of benzene rings is 2. The van der Waals surface area contributed by atoms with Gasteiger partial charge in [0.25, 0.3) is 0 Å². The second kappa shape index (κ2) is 5.56. The largest absolute Gasteiger partial charge is 0.497 e. The Balaban J connectivity index is 2.19. The van der Waals surface area contributed by atoms with Gasteiger partial charge in [0.1, 0.15) is 23.5 Å². The Kier molecular flexibility index (Phi) is 3.85. The first-order chi connectivity index (χ1) is 8.72. The van der Waals surface area contributed by atoms with Gasteiger partial charge in [0, 0.05) is 5.56 Å². The van der Waals surface area contributed by atoms with Crippen molar-refractivity contribution < 1.29 is 14.3 Å². The number of carbonyl (C=O) groups is 1. The molecule has 3 nitrogen and oxygen atoms in total. The zero-order chi connectivity index (χ0) is 13.0. The molecule has 0 atom stereocenters. The van der Waals surface area contributed by atoms with Gasteiger partial charge in [0.05, 0.1) is 12.1 Å². The lowest BCUT2D eigenvalue weighted by Crippen LogP contribution is -1.88. The SMILES string of the molecule is COc1ccc(Oc2ccc(C=O)cc2Cl)cc1. The zero-order valence-corrected chi connectivity index (χ0v) is 10.5. The summed E-state index contributed by atoms with van der Waals surface area (Å²) < 4.78 is 10.7. The van der Waals surface area contributed by atoms with Gasteiger partial charge >= 0.3 is 0 Å². The normalized spacial score (nSPS) is 9.89. The first-order valence-electron chi connectivity index (χ1n) is 5.29. The molecular formula is C14H11ClO3. The van der Waals surface area contributed by atoms with Gasteiger partial charge in [0.2, 0.25) is 0 Å². The third kappa shape index (κ3) is 2.81. The van der Waals surface area contributed by atoms with Gasteiger partial charge < -0.3 is 9.47 Å². The standard InChI is InChI=1S/C14H11ClO3/c1-17-11-3-5-12(6-4-11)18-14-7-2-10(9-16)8-13(14)15/h2-9H,1H3. The summed E-state index contributed by atoms with van der Waals surface area (Å²) in [6, 6.07) is 12.0. The second-order valence-electron chi connectivity index (χ2n) is 3.59. The third-order valence-electron chi connectivity index (χ3n) is 2.38. The number of methoxy groups -OCH3 is 1. The molecule has 0 aliphatic rings. The summed E-state index contributed by atoms with van der Waals surface area (Å²) in [5.41, 5.74) is 0.516.